The summed E-state index contributed by atoms with van der Waals surface area (Å²) in [5.41, 5.74) is 3.58. The summed E-state index contributed by atoms with van der Waals surface area (Å²) in [5, 5.41) is 14.1. The van der Waals surface area contributed by atoms with E-state index in [1.54, 1.807) is 18.1 Å². The van der Waals surface area contributed by atoms with Crippen molar-refractivity contribution in [2.24, 2.45) is 5.84 Å². The Labute approximate surface area is 216 Å². The number of carbonyl (C=O) groups is 1. The van der Waals surface area contributed by atoms with Gasteiger partial charge in [0.25, 0.3) is 0 Å². The molecule has 0 aromatic heterocycles. The molecule has 1 atom stereocenters. The van der Waals surface area contributed by atoms with Crippen molar-refractivity contribution in [3.8, 4) is 11.1 Å². The lowest BCUT2D eigenvalue weighted by Gasteiger charge is -2.35. The van der Waals surface area contributed by atoms with Crippen molar-refractivity contribution in [1.29, 1.82) is 0 Å². The Morgan fingerprint density at radius 1 is 1.19 bits per heavy atom. The lowest BCUT2D eigenvalue weighted by molar-refractivity contribution is 0.0692. The molecule has 1 unspecified atom stereocenters. The van der Waals surface area contributed by atoms with E-state index < -0.39 is 11.8 Å². The summed E-state index contributed by atoms with van der Waals surface area (Å²) in [4.78, 5) is 14.6. The molecule has 0 saturated carbocycles. The summed E-state index contributed by atoms with van der Waals surface area (Å²) >= 11 is 1.49. The first-order chi connectivity index (χ1) is 17.3. The van der Waals surface area contributed by atoms with Gasteiger partial charge in [0.15, 0.2) is 0 Å². The molecule has 192 valence electrons. The Bertz CT molecular complexity index is 1180. The van der Waals surface area contributed by atoms with Gasteiger partial charge in [-0.2, -0.15) is 0 Å². The summed E-state index contributed by atoms with van der Waals surface area (Å²) in [7, 11) is 1.80. The van der Waals surface area contributed by atoms with E-state index in [-0.39, 0.29) is 11.7 Å². The fraction of sp³-hybridized carbons (Fsp3) is 0.296. The number of nitrogens with zero attached hydrogens (tertiary/aromatic N) is 2. The van der Waals surface area contributed by atoms with E-state index in [9.17, 15) is 14.3 Å². The average molecular weight is 512 g/mol. The van der Waals surface area contributed by atoms with Crippen LogP contribution in [0.25, 0.3) is 11.1 Å². The Hall–Kier alpha value is -3.11. The van der Waals surface area contributed by atoms with Gasteiger partial charge in [0, 0.05) is 16.1 Å². The molecule has 9 heteroatoms. The number of nitrogens with two attached hydrogens (primary N) is 1. The van der Waals surface area contributed by atoms with Gasteiger partial charge < -0.3 is 10.0 Å². The van der Waals surface area contributed by atoms with Crippen molar-refractivity contribution < 1.29 is 14.3 Å². The number of para-hydroxylation sites is 1. The minimum Gasteiger partial charge on any atom is -0.478 e. The number of fused-ring (bicyclic) bond motifs is 1. The van der Waals surface area contributed by atoms with Crippen molar-refractivity contribution in [1.82, 2.24) is 10.0 Å². The summed E-state index contributed by atoms with van der Waals surface area (Å²) < 4.78 is 17.4. The zero-order valence-electron chi connectivity index (χ0n) is 21.1. The SMILES string of the molecule is CCCC.CNC(C)N(N)c1cc2c(cc1-c1ccc(F)c(C(=O)O)c1)SNCN2c1ccccc1. The predicted molar refractivity (Wildman–Crippen MR) is 147 cm³/mol. The van der Waals surface area contributed by atoms with E-state index in [1.165, 1.54) is 36.9 Å². The van der Waals surface area contributed by atoms with Gasteiger partial charge in [0.05, 0.1) is 29.8 Å². The number of hydrogen-bond acceptors (Lipinski definition) is 7. The van der Waals surface area contributed by atoms with E-state index in [4.69, 9.17) is 5.84 Å². The molecule has 3 aromatic rings. The van der Waals surface area contributed by atoms with Crippen LogP contribution in [0.5, 0.6) is 0 Å². The van der Waals surface area contributed by atoms with E-state index in [0.29, 0.717) is 23.5 Å². The van der Waals surface area contributed by atoms with Crippen LogP contribution in [0.15, 0.2) is 65.6 Å². The molecule has 1 heterocycles. The number of carboxylic acid groups (broad SMARTS) is 1. The topological polar surface area (TPSA) is 93.9 Å². The van der Waals surface area contributed by atoms with Crippen LogP contribution in [0.2, 0.25) is 0 Å². The molecule has 5 N–H and O–H groups in total. The van der Waals surface area contributed by atoms with Crippen LogP contribution < -0.4 is 25.8 Å². The number of unbranched alkanes of at least 4 members (excludes halogenated alkanes) is 1. The zero-order valence-corrected chi connectivity index (χ0v) is 21.9. The summed E-state index contributed by atoms with van der Waals surface area (Å²) in [6.45, 7) is 6.88. The van der Waals surface area contributed by atoms with Crippen LogP contribution in [0, 0.1) is 5.82 Å². The lowest BCUT2D eigenvalue weighted by Crippen LogP contribution is -2.47. The number of rotatable bonds is 7. The number of halogens is 1. The largest absolute Gasteiger partial charge is 0.478 e. The highest BCUT2D eigenvalue weighted by atomic mass is 32.2. The minimum atomic E-state index is -1.32. The first-order valence-electron chi connectivity index (χ1n) is 12.0. The number of nitrogens with one attached hydrogen (secondary N) is 2. The third kappa shape index (κ3) is 6.17. The van der Waals surface area contributed by atoms with E-state index in [2.05, 4.69) is 28.8 Å². The molecule has 3 aromatic carbocycles. The fourth-order valence-electron chi connectivity index (χ4n) is 3.60. The van der Waals surface area contributed by atoms with Crippen molar-refractivity contribution in [3.63, 3.8) is 0 Å². The lowest BCUT2D eigenvalue weighted by atomic mass is 9.99. The van der Waals surface area contributed by atoms with E-state index in [1.807, 2.05) is 49.4 Å². The first-order valence-corrected chi connectivity index (χ1v) is 12.8. The number of aromatic carboxylic acids is 1. The highest BCUT2D eigenvalue weighted by Crippen LogP contribution is 2.44. The molecule has 0 spiro atoms. The summed E-state index contributed by atoms with van der Waals surface area (Å²) in [5.74, 6) is 4.38. The molecule has 1 aliphatic heterocycles. The summed E-state index contributed by atoms with van der Waals surface area (Å²) in [6, 6.07) is 18.0. The second kappa shape index (κ2) is 12.7. The molecule has 7 nitrogen and oxygen atoms in total. The first kappa shape index (κ1) is 27.5. The third-order valence-corrected chi connectivity index (χ3v) is 6.78. The minimum absolute atomic E-state index is 0.203. The Morgan fingerprint density at radius 2 is 1.89 bits per heavy atom. The van der Waals surface area contributed by atoms with E-state index >= 15 is 0 Å². The van der Waals surface area contributed by atoms with Crippen molar-refractivity contribution in [2.75, 3.05) is 23.6 Å². The molecule has 0 saturated heterocycles. The zero-order chi connectivity index (χ0) is 26.2. The van der Waals surface area contributed by atoms with Crippen LogP contribution in [-0.4, -0.2) is 31.0 Å². The highest BCUT2D eigenvalue weighted by molar-refractivity contribution is 7.97. The molecular formula is C27H34FN5O2S. The normalized spacial score (nSPS) is 13.3. The van der Waals surface area contributed by atoms with Crippen LogP contribution in [0.1, 0.15) is 44.0 Å². The molecule has 0 fully saturated rings. The highest BCUT2D eigenvalue weighted by Gasteiger charge is 2.25. The number of anilines is 3. The smallest absolute Gasteiger partial charge is 0.338 e. The Morgan fingerprint density at radius 3 is 2.50 bits per heavy atom. The molecule has 0 bridgehead atoms. The monoisotopic (exact) mass is 511 g/mol. The molecule has 36 heavy (non-hydrogen) atoms. The standard InChI is InChI=1S/C23H24FN5O2S.C4H10/c1-14(26-2)29(25)20-12-21-22(32-27-13-28(21)16-6-4-3-5-7-16)11-17(20)15-8-9-19(24)18(10-15)23(30)31;1-3-4-2/h3-12,14,26-27H,13,25H2,1-2H3,(H,30,31);3-4H2,1-2H3. The Balaban J connectivity index is 0.000000840. The second-order valence-corrected chi connectivity index (χ2v) is 9.31. The van der Waals surface area contributed by atoms with Crippen molar-refractivity contribution in [2.45, 2.75) is 44.7 Å². The maximum Gasteiger partial charge on any atom is 0.338 e. The quantitative estimate of drug-likeness (QED) is 0.134. The molecule has 4 rings (SSSR count). The van der Waals surface area contributed by atoms with Crippen LogP contribution in [0.4, 0.5) is 21.5 Å². The van der Waals surface area contributed by atoms with Gasteiger partial charge in [0.2, 0.25) is 0 Å². The van der Waals surface area contributed by atoms with Crippen LogP contribution >= 0.6 is 11.9 Å². The fourth-order valence-corrected chi connectivity index (χ4v) is 4.40. The van der Waals surface area contributed by atoms with Gasteiger partial charge >= 0.3 is 5.97 Å². The predicted octanol–water partition coefficient (Wildman–Crippen LogP) is 5.95. The number of hydrogen-bond donors (Lipinski definition) is 4. The van der Waals surface area contributed by atoms with Crippen molar-refractivity contribution >= 4 is 35.0 Å². The number of benzene rings is 3. The third-order valence-electron chi connectivity index (χ3n) is 5.96. The van der Waals surface area contributed by atoms with E-state index in [0.717, 1.165) is 16.3 Å². The number of hydrazine groups is 1. The molecule has 0 amide bonds. The van der Waals surface area contributed by atoms with Crippen LogP contribution in [0.3, 0.4) is 0 Å². The second-order valence-electron chi connectivity index (χ2n) is 8.38. The molecule has 0 aliphatic carbocycles. The van der Waals surface area contributed by atoms with Crippen LogP contribution in [-0.2, 0) is 0 Å². The molecule has 0 radical (unpaired) electrons. The molecule has 1 aliphatic rings. The maximum atomic E-state index is 14.0. The van der Waals surface area contributed by atoms with Gasteiger partial charge in [-0.3, -0.25) is 10.3 Å². The van der Waals surface area contributed by atoms with Gasteiger partial charge in [-0.1, -0.05) is 51.0 Å². The molecular weight excluding hydrogens is 477 g/mol. The van der Waals surface area contributed by atoms with Crippen molar-refractivity contribution in [3.05, 3.63) is 72.0 Å². The maximum absolute atomic E-state index is 14.0. The van der Waals surface area contributed by atoms with Gasteiger partial charge in [0.1, 0.15) is 5.82 Å². The van der Waals surface area contributed by atoms with Gasteiger partial charge in [-0.05, 0) is 67.9 Å². The number of carboxylic acids is 1. The Kier molecular flexibility index (Phi) is 9.72. The average Bonchev–Trinajstić information content (AvgIpc) is 2.91. The van der Waals surface area contributed by atoms with Gasteiger partial charge in [-0.25, -0.2) is 19.7 Å². The summed E-state index contributed by atoms with van der Waals surface area (Å²) in [6.07, 6.45) is 2.44. The van der Waals surface area contributed by atoms with Gasteiger partial charge in [-0.15, -0.1) is 0 Å².